The van der Waals surface area contributed by atoms with Crippen LogP contribution in [0.25, 0.3) is 16.8 Å². The molecule has 2 aromatic carbocycles. The summed E-state index contributed by atoms with van der Waals surface area (Å²) in [5.41, 5.74) is 7.76. The summed E-state index contributed by atoms with van der Waals surface area (Å²) in [4.78, 5) is 36.4. The molecule has 3 aromatic rings. The first kappa shape index (κ1) is 16.6. The molecular weight excluding hydrogens is 346 g/mol. The summed E-state index contributed by atoms with van der Waals surface area (Å²) >= 11 is 0. The van der Waals surface area contributed by atoms with Crippen molar-refractivity contribution >= 4 is 17.6 Å². The van der Waals surface area contributed by atoms with Crippen molar-refractivity contribution in [2.45, 2.75) is 0 Å². The average Bonchev–Trinajstić information content (AvgIpc) is 2.95. The average molecular weight is 361 g/mol. The minimum atomic E-state index is -0.617. The lowest BCUT2D eigenvalue weighted by molar-refractivity contribution is 0.0880. The summed E-state index contributed by atoms with van der Waals surface area (Å²) in [6.07, 6.45) is 0. The lowest BCUT2D eigenvalue weighted by Gasteiger charge is -2.14. The quantitative estimate of drug-likeness (QED) is 0.694. The van der Waals surface area contributed by atoms with Crippen LogP contribution in [0.1, 0.15) is 20.7 Å². The standard InChI is InChI=1S/C20H15N3O4/c1-27-15-8-3-2-7-13(15)11-5-4-6-12(9-11)23-16(24)10-14-17(18(23)21)20(26)22-19(14)25/h2-10H,21H2,1H3,(H,22,25,26). The third-order valence-corrected chi connectivity index (χ3v) is 4.48. The van der Waals surface area contributed by atoms with Gasteiger partial charge in [-0.15, -0.1) is 0 Å². The van der Waals surface area contributed by atoms with E-state index in [9.17, 15) is 14.4 Å². The Kier molecular flexibility index (Phi) is 3.77. The van der Waals surface area contributed by atoms with E-state index in [2.05, 4.69) is 5.32 Å². The molecule has 3 N–H and O–H groups in total. The van der Waals surface area contributed by atoms with Gasteiger partial charge < -0.3 is 10.5 Å². The smallest absolute Gasteiger partial charge is 0.262 e. The normalized spacial score (nSPS) is 12.6. The second kappa shape index (κ2) is 6.14. The number of aromatic nitrogens is 1. The second-order valence-corrected chi connectivity index (χ2v) is 6.03. The molecule has 7 nitrogen and oxygen atoms in total. The number of amides is 2. The molecule has 134 valence electrons. The van der Waals surface area contributed by atoms with Crippen LogP contribution in [0.3, 0.4) is 0 Å². The summed E-state index contributed by atoms with van der Waals surface area (Å²) in [6.45, 7) is 0. The molecule has 0 unspecified atom stereocenters. The van der Waals surface area contributed by atoms with Crippen LogP contribution in [-0.2, 0) is 0 Å². The minimum Gasteiger partial charge on any atom is -0.496 e. The Labute approximate surface area is 154 Å². The molecule has 1 aliphatic rings. The number of nitrogens with two attached hydrogens (primary N) is 1. The topological polar surface area (TPSA) is 103 Å². The van der Waals surface area contributed by atoms with Crippen LogP contribution in [0.15, 0.2) is 59.4 Å². The highest BCUT2D eigenvalue weighted by Gasteiger charge is 2.31. The fraction of sp³-hybridized carbons (Fsp3) is 0.0500. The van der Waals surface area contributed by atoms with E-state index in [1.54, 1.807) is 25.3 Å². The number of hydrogen-bond acceptors (Lipinski definition) is 5. The fourth-order valence-corrected chi connectivity index (χ4v) is 3.24. The fourth-order valence-electron chi connectivity index (χ4n) is 3.24. The van der Waals surface area contributed by atoms with E-state index in [1.165, 1.54) is 4.57 Å². The minimum absolute atomic E-state index is 0.000340. The van der Waals surface area contributed by atoms with Crippen molar-refractivity contribution in [1.29, 1.82) is 0 Å². The van der Waals surface area contributed by atoms with Crippen molar-refractivity contribution in [2.75, 3.05) is 12.8 Å². The Morgan fingerprint density at radius 3 is 2.48 bits per heavy atom. The molecule has 0 bridgehead atoms. The summed E-state index contributed by atoms with van der Waals surface area (Å²) in [5, 5.41) is 2.15. The SMILES string of the molecule is COc1ccccc1-c1cccc(-n2c(N)c3c(cc2=O)C(=O)NC3=O)c1. The number of nitrogens with zero attached hydrogens (tertiary/aromatic N) is 1. The van der Waals surface area contributed by atoms with Gasteiger partial charge in [-0.25, -0.2) is 0 Å². The zero-order valence-electron chi connectivity index (χ0n) is 14.4. The largest absolute Gasteiger partial charge is 0.496 e. The second-order valence-electron chi connectivity index (χ2n) is 6.03. The van der Waals surface area contributed by atoms with E-state index in [4.69, 9.17) is 10.5 Å². The maximum atomic E-state index is 12.6. The predicted molar refractivity (Wildman–Crippen MR) is 100 cm³/mol. The Morgan fingerprint density at radius 1 is 0.926 bits per heavy atom. The van der Waals surface area contributed by atoms with E-state index in [0.29, 0.717) is 11.4 Å². The van der Waals surface area contributed by atoms with Crippen molar-refractivity contribution in [2.24, 2.45) is 0 Å². The summed E-state index contributed by atoms with van der Waals surface area (Å²) in [7, 11) is 1.58. The van der Waals surface area contributed by atoms with Crippen molar-refractivity contribution in [3.63, 3.8) is 0 Å². The molecule has 0 atom stereocenters. The van der Waals surface area contributed by atoms with Crippen LogP contribution in [-0.4, -0.2) is 23.5 Å². The van der Waals surface area contributed by atoms with Gasteiger partial charge >= 0.3 is 0 Å². The maximum Gasteiger partial charge on any atom is 0.262 e. The van der Waals surface area contributed by atoms with Crippen molar-refractivity contribution < 1.29 is 14.3 Å². The Morgan fingerprint density at radius 2 is 1.70 bits per heavy atom. The number of nitrogens with one attached hydrogen (secondary N) is 1. The Bertz CT molecular complexity index is 1160. The maximum absolute atomic E-state index is 12.6. The summed E-state index contributed by atoms with van der Waals surface area (Å²) in [5.74, 6) is -0.609. The van der Waals surface area contributed by atoms with Crippen LogP contribution >= 0.6 is 0 Å². The van der Waals surface area contributed by atoms with Gasteiger partial charge in [0.2, 0.25) is 0 Å². The molecule has 7 heteroatoms. The van der Waals surface area contributed by atoms with E-state index in [1.807, 2.05) is 30.3 Å². The van der Waals surface area contributed by atoms with Gasteiger partial charge in [0, 0.05) is 11.6 Å². The molecule has 1 aromatic heterocycles. The number of para-hydroxylation sites is 1. The first-order chi connectivity index (χ1) is 13.0. The highest BCUT2D eigenvalue weighted by atomic mass is 16.5. The molecule has 0 fully saturated rings. The van der Waals surface area contributed by atoms with Crippen molar-refractivity contribution in [1.82, 2.24) is 9.88 Å². The van der Waals surface area contributed by atoms with Crippen molar-refractivity contribution in [3.05, 3.63) is 76.1 Å². The number of rotatable bonds is 3. The highest BCUT2D eigenvalue weighted by Crippen LogP contribution is 2.31. The first-order valence-electron chi connectivity index (χ1n) is 8.16. The molecule has 0 radical (unpaired) electrons. The predicted octanol–water partition coefficient (Wildman–Crippen LogP) is 1.98. The number of hydrogen-bond donors (Lipinski definition) is 2. The van der Waals surface area contributed by atoms with Crippen LogP contribution in [0.2, 0.25) is 0 Å². The molecule has 0 spiro atoms. The van der Waals surface area contributed by atoms with Gasteiger partial charge in [0.15, 0.2) is 0 Å². The molecule has 2 amide bonds. The third-order valence-electron chi connectivity index (χ3n) is 4.48. The number of imide groups is 1. The van der Waals surface area contributed by atoms with Crippen molar-refractivity contribution in [3.8, 4) is 22.6 Å². The molecule has 0 saturated carbocycles. The van der Waals surface area contributed by atoms with Gasteiger partial charge in [-0.05, 0) is 23.8 Å². The van der Waals surface area contributed by atoms with E-state index < -0.39 is 17.4 Å². The molecule has 0 aliphatic carbocycles. The van der Waals surface area contributed by atoms with Gasteiger partial charge in [0.1, 0.15) is 11.6 Å². The first-order valence-corrected chi connectivity index (χ1v) is 8.16. The molecule has 2 heterocycles. The third kappa shape index (κ3) is 2.56. The van der Waals surface area contributed by atoms with Crippen LogP contribution in [0, 0.1) is 0 Å². The number of fused-ring (bicyclic) bond motifs is 1. The zero-order chi connectivity index (χ0) is 19.1. The van der Waals surface area contributed by atoms with E-state index in [-0.39, 0.29) is 16.9 Å². The molecular formula is C20H15N3O4. The highest BCUT2D eigenvalue weighted by molar-refractivity contribution is 6.23. The van der Waals surface area contributed by atoms with E-state index in [0.717, 1.165) is 17.2 Å². The monoisotopic (exact) mass is 361 g/mol. The van der Waals surface area contributed by atoms with Crippen LogP contribution in [0.4, 0.5) is 5.82 Å². The molecule has 4 rings (SSSR count). The number of nitrogen functional groups attached to an aromatic ring is 1. The summed E-state index contributed by atoms with van der Waals surface area (Å²) < 4.78 is 6.61. The zero-order valence-corrected chi connectivity index (χ0v) is 14.4. The molecule has 27 heavy (non-hydrogen) atoms. The Balaban J connectivity index is 1.92. The Hall–Kier alpha value is -3.87. The van der Waals surface area contributed by atoms with Crippen LogP contribution in [0.5, 0.6) is 5.75 Å². The number of ether oxygens (including phenoxy) is 1. The number of carbonyl (C=O) groups is 2. The van der Waals surface area contributed by atoms with Gasteiger partial charge in [-0.3, -0.25) is 24.3 Å². The van der Waals surface area contributed by atoms with E-state index >= 15 is 0 Å². The summed E-state index contributed by atoms with van der Waals surface area (Å²) in [6, 6.07) is 15.8. The number of pyridine rings is 1. The van der Waals surface area contributed by atoms with Gasteiger partial charge in [-0.1, -0.05) is 30.3 Å². The molecule has 1 aliphatic heterocycles. The number of benzene rings is 2. The number of anilines is 1. The number of carbonyl (C=O) groups excluding carboxylic acids is 2. The number of methoxy groups -OCH3 is 1. The van der Waals surface area contributed by atoms with Gasteiger partial charge in [0.05, 0.1) is 23.9 Å². The van der Waals surface area contributed by atoms with Gasteiger partial charge in [-0.2, -0.15) is 0 Å². The molecule has 0 saturated heterocycles. The van der Waals surface area contributed by atoms with Crippen LogP contribution < -0.4 is 21.3 Å². The van der Waals surface area contributed by atoms with Gasteiger partial charge in [0.25, 0.3) is 17.4 Å². The lowest BCUT2D eigenvalue weighted by Crippen LogP contribution is -2.24. The lowest BCUT2D eigenvalue weighted by atomic mass is 10.0.